The van der Waals surface area contributed by atoms with Gasteiger partial charge in [0.1, 0.15) is 12.2 Å². The molecule has 0 radical (unpaired) electrons. The first-order chi connectivity index (χ1) is 9.04. The zero-order chi connectivity index (χ0) is 15.3. The number of esters is 1. The Morgan fingerprint density at radius 1 is 1.35 bits per heavy atom. The molecule has 1 saturated carbocycles. The average molecular weight is 365 g/mol. The normalized spacial score (nSPS) is 38.5. The van der Waals surface area contributed by atoms with Crippen LogP contribution in [0.2, 0.25) is 18.1 Å². The zero-order valence-corrected chi connectivity index (χ0v) is 15.4. The van der Waals surface area contributed by atoms with E-state index < -0.39 is 20.5 Å². The van der Waals surface area contributed by atoms with Crippen LogP contribution >= 0.6 is 15.9 Å². The minimum absolute atomic E-state index is 0.0596. The monoisotopic (exact) mass is 364 g/mol. The van der Waals surface area contributed by atoms with Crippen molar-refractivity contribution in [3.63, 3.8) is 0 Å². The van der Waals surface area contributed by atoms with Gasteiger partial charge >= 0.3 is 5.97 Å². The van der Waals surface area contributed by atoms with Crippen molar-refractivity contribution in [3.05, 3.63) is 0 Å². The second-order valence-corrected chi connectivity index (χ2v) is 13.3. The minimum Gasteiger partial charge on any atom is -0.459 e. The van der Waals surface area contributed by atoms with Crippen molar-refractivity contribution < 1.29 is 19.1 Å². The van der Waals surface area contributed by atoms with Crippen molar-refractivity contribution in [3.8, 4) is 0 Å². The van der Waals surface area contributed by atoms with Crippen LogP contribution in [0.25, 0.3) is 0 Å². The molecule has 2 aliphatic rings. The van der Waals surface area contributed by atoms with Gasteiger partial charge < -0.3 is 14.3 Å². The number of halogens is 1. The van der Waals surface area contributed by atoms with E-state index in [1.807, 2.05) is 0 Å². The molecule has 1 heterocycles. The van der Waals surface area contributed by atoms with Crippen molar-refractivity contribution >= 4 is 30.2 Å². The Hall–Kier alpha value is 0.0869. The smallest absolute Gasteiger partial charge is 0.334 e. The van der Waals surface area contributed by atoms with Gasteiger partial charge in [-0.1, -0.05) is 36.7 Å². The van der Waals surface area contributed by atoms with Gasteiger partial charge in [-0.25, -0.2) is 4.79 Å². The van der Waals surface area contributed by atoms with Gasteiger partial charge in [-0.2, -0.15) is 0 Å². The number of hydrogen-bond acceptors (Lipinski definition) is 4. The zero-order valence-electron chi connectivity index (χ0n) is 12.9. The summed E-state index contributed by atoms with van der Waals surface area (Å²) < 4.78 is 11.8. The number of aliphatic hydroxyl groups is 1. The summed E-state index contributed by atoms with van der Waals surface area (Å²) in [6.07, 6.45) is 0.287. The summed E-state index contributed by atoms with van der Waals surface area (Å²) in [7, 11) is -2.01. The van der Waals surface area contributed by atoms with Crippen LogP contribution in [-0.4, -0.2) is 42.5 Å². The van der Waals surface area contributed by atoms with Gasteiger partial charge in [0, 0.05) is 5.92 Å². The van der Waals surface area contributed by atoms with Gasteiger partial charge in [0.15, 0.2) is 8.32 Å². The molecule has 0 unspecified atom stereocenters. The van der Waals surface area contributed by atoms with E-state index in [-0.39, 0.29) is 27.9 Å². The van der Waals surface area contributed by atoms with Crippen LogP contribution in [-0.2, 0) is 14.0 Å². The molecule has 0 bridgehead atoms. The molecule has 1 N–H and O–H groups in total. The molecule has 1 saturated heterocycles. The number of aliphatic hydroxyl groups excluding tert-OH is 1. The number of hydrogen-bond donors (Lipinski definition) is 1. The molecule has 2 fully saturated rings. The minimum atomic E-state index is -2.01. The number of carbonyl (C=O) groups is 1. The molecular formula is C14H25BrO4Si. The van der Waals surface area contributed by atoms with Gasteiger partial charge in [-0.05, 0) is 31.0 Å². The predicted octanol–water partition coefficient (Wildman–Crippen LogP) is 2.84. The number of rotatable bonds is 2. The number of alkyl halides is 1. The summed E-state index contributed by atoms with van der Waals surface area (Å²) in [6.45, 7) is 10.8. The maximum atomic E-state index is 12.2. The van der Waals surface area contributed by atoms with Gasteiger partial charge in [-0.15, -0.1) is 0 Å². The molecule has 0 aromatic heterocycles. The molecule has 0 amide bonds. The molecule has 20 heavy (non-hydrogen) atoms. The lowest BCUT2D eigenvalue weighted by Crippen LogP contribution is -2.49. The molecule has 0 spiro atoms. The van der Waals surface area contributed by atoms with E-state index in [1.165, 1.54) is 0 Å². The summed E-state index contributed by atoms with van der Waals surface area (Å²) >= 11 is 3.46. The predicted molar refractivity (Wildman–Crippen MR) is 83.4 cm³/mol. The molecule has 0 aromatic carbocycles. The molecule has 2 rings (SSSR count). The molecule has 6 heteroatoms. The van der Waals surface area contributed by atoms with E-state index in [0.29, 0.717) is 6.42 Å². The maximum Gasteiger partial charge on any atom is 0.334 e. The van der Waals surface area contributed by atoms with Gasteiger partial charge in [0.2, 0.25) is 0 Å². The maximum absolute atomic E-state index is 12.2. The highest BCUT2D eigenvalue weighted by Gasteiger charge is 2.54. The van der Waals surface area contributed by atoms with Gasteiger partial charge in [0.25, 0.3) is 0 Å². The Kier molecular flexibility index (Phi) is 4.42. The summed E-state index contributed by atoms with van der Waals surface area (Å²) in [6, 6.07) is 0. The Labute approximate surface area is 130 Å². The van der Waals surface area contributed by atoms with E-state index in [4.69, 9.17) is 9.16 Å². The number of fused-ring (bicyclic) bond motifs is 1. The fourth-order valence-corrected chi connectivity index (χ4v) is 4.65. The van der Waals surface area contributed by atoms with Crippen molar-refractivity contribution in [2.45, 2.75) is 74.9 Å². The van der Waals surface area contributed by atoms with Crippen molar-refractivity contribution in [1.82, 2.24) is 0 Å². The molecular weight excluding hydrogens is 340 g/mol. The fraction of sp³-hybridized carbons (Fsp3) is 0.929. The topological polar surface area (TPSA) is 55.8 Å². The third-order valence-corrected chi connectivity index (χ3v) is 10.6. The summed E-state index contributed by atoms with van der Waals surface area (Å²) in [4.78, 5) is 12.0. The third kappa shape index (κ3) is 2.84. The van der Waals surface area contributed by atoms with Crippen molar-refractivity contribution in [2.24, 2.45) is 5.92 Å². The Bertz CT molecular complexity index is 393. The lowest BCUT2D eigenvalue weighted by atomic mass is 9.83. The van der Waals surface area contributed by atoms with E-state index >= 15 is 0 Å². The standard InChI is InChI=1S/C14H25BrO4Si/c1-14(2,3)20(4,5)19-12-8-6-7-9(16)10(15)11(8)18-13(12)17/h8-12,16H,6-7H2,1-5H3/t8-,9+,10-,11-,12-/m1/s1. The van der Waals surface area contributed by atoms with Gasteiger partial charge in [0.05, 0.1) is 10.9 Å². The van der Waals surface area contributed by atoms with Crippen LogP contribution in [0.5, 0.6) is 0 Å². The van der Waals surface area contributed by atoms with E-state index in [2.05, 4.69) is 49.8 Å². The van der Waals surface area contributed by atoms with Crippen LogP contribution in [0.4, 0.5) is 0 Å². The Balaban J connectivity index is 2.16. The van der Waals surface area contributed by atoms with Crippen molar-refractivity contribution in [2.75, 3.05) is 0 Å². The Morgan fingerprint density at radius 3 is 2.50 bits per heavy atom. The molecule has 116 valence electrons. The summed E-state index contributed by atoms with van der Waals surface area (Å²) in [5, 5.41) is 9.95. The molecule has 0 aromatic rings. The number of ether oxygens (including phenoxy) is 1. The molecule has 1 aliphatic heterocycles. The first kappa shape index (κ1) is 16.5. The van der Waals surface area contributed by atoms with Gasteiger partial charge in [-0.3, -0.25) is 0 Å². The lowest BCUT2D eigenvalue weighted by Gasteiger charge is -2.40. The van der Waals surface area contributed by atoms with Crippen LogP contribution in [0.3, 0.4) is 0 Å². The summed E-state index contributed by atoms with van der Waals surface area (Å²) in [5.74, 6) is -0.201. The molecule has 5 atom stereocenters. The summed E-state index contributed by atoms with van der Waals surface area (Å²) in [5.41, 5.74) is 0. The van der Waals surface area contributed by atoms with Crippen LogP contribution in [0.15, 0.2) is 0 Å². The van der Waals surface area contributed by atoms with Crippen LogP contribution < -0.4 is 0 Å². The molecule has 4 nitrogen and oxygen atoms in total. The second kappa shape index (κ2) is 5.37. The van der Waals surface area contributed by atoms with Crippen LogP contribution in [0.1, 0.15) is 33.6 Å². The van der Waals surface area contributed by atoms with E-state index in [0.717, 1.165) is 6.42 Å². The first-order valence-electron chi connectivity index (χ1n) is 7.25. The average Bonchev–Trinajstić information content (AvgIpc) is 2.60. The van der Waals surface area contributed by atoms with Crippen LogP contribution in [0, 0.1) is 5.92 Å². The lowest BCUT2D eigenvalue weighted by molar-refractivity contribution is -0.147. The fourth-order valence-electron chi connectivity index (χ4n) is 2.62. The SMILES string of the molecule is CC(C)(C)[Si](C)(C)O[C@H]1C(=O)O[C@H]2[C@H](Br)[C@@H](O)CC[C@H]21. The largest absolute Gasteiger partial charge is 0.459 e. The third-order valence-electron chi connectivity index (χ3n) is 5.00. The highest BCUT2D eigenvalue weighted by Crippen LogP contribution is 2.44. The Morgan fingerprint density at radius 2 is 1.95 bits per heavy atom. The highest BCUT2D eigenvalue weighted by molar-refractivity contribution is 9.09. The first-order valence-corrected chi connectivity index (χ1v) is 11.1. The molecule has 1 aliphatic carbocycles. The number of carbonyl (C=O) groups excluding carboxylic acids is 1. The van der Waals surface area contributed by atoms with E-state index in [9.17, 15) is 9.90 Å². The highest BCUT2D eigenvalue weighted by atomic mass is 79.9. The van der Waals surface area contributed by atoms with Crippen molar-refractivity contribution in [1.29, 1.82) is 0 Å². The van der Waals surface area contributed by atoms with E-state index in [1.54, 1.807) is 0 Å². The second-order valence-electron chi connectivity index (χ2n) is 7.45. The quantitative estimate of drug-likeness (QED) is 0.465.